The molecule has 0 aliphatic heterocycles. The Kier molecular flexibility index (Phi) is 88.2. The zero-order chi connectivity index (χ0) is 86.5. The summed E-state index contributed by atoms with van der Waals surface area (Å²) < 4.78 is 61.5. The van der Waals surface area contributed by atoms with Gasteiger partial charge in [0.2, 0.25) is 0 Å². The number of hydrogen-bond donors (Lipinski definition) is 4. The van der Waals surface area contributed by atoms with Crippen LogP contribution in [0.3, 0.4) is 0 Å². The number of ether oxygens (including phenoxy) is 3. The second kappa shape index (κ2) is 92.1. The Morgan fingerprint density at radius 2 is 0.445 bits per heavy atom. The van der Waals surface area contributed by atoms with E-state index in [1.807, 2.05) is 0 Å². The molecular weight excluding hydrogens is 1530 g/mol. The van der Waals surface area contributed by atoms with Gasteiger partial charge in [-0.3, -0.25) is 32.5 Å². The van der Waals surface area contributed by atoms with Crippen molar-refractivity contribution in [3.63, 3.8) is 0 Å². The van der Waals surface area contributed by atoms with Gasteiger partial charge in [-0.2, -0.15) is 0 Å². The van der Waals surface area contributed by atoms with Crippen molar-refractivity contribution in [3.8, 4) is 0 Å². The predicted octanol–water partition coefficient (Wildman–Crippen LogP) is 29.4. The lowest BCUT2D eigenvalue weighted by molar-refractivity contribution is -0.161. The fraction of sp³-hybridized carbons (Fsp3) is 0.693. The molecule has 0 heterocycles. The van der Waals surface area contributed by atoms with Crippen LogP contribution in [-0.2, 0) is 55.8 Å². The van der Waals surface area contributed by atoms with Crippen molar-refractivity contribution >= 4 is 33.6 Å². The highest BCUT2D eigenvalue weighted by atomic mass is 31.2. The molecule has 0 saturated carbocycles. The molecule has 0 amide bonds. The lowest BCUT2D eigenvalue weighted by Gasteiger charge is -2.21. The minimum Gasteiger partial charge on any atom is -0.463 e. The van der Waals surface area contributed by atoms with Crippen LogP contribution in [0.15, 0.2) is 170 Å². The maximum absolute atomic E-state index is 13.1. The SMILES string of the molecule is CC/C=C\C/C=C\C/C=C\C/C=C\C/C=C\C/C=C\CCCCCCCCCCCCCCC(=O)OCC(O)COP(=O)(O)OCC(O)COP(=O)(O)OCC(COC(=O)CCCCCCCCCCCCCCCCC/C=C\C/C=C\C/C=C\C/C=C\CCCCC)OC(=O)CCCCCCC/C=C\C/C=C\C/C=C\C/C=C\CCCCC. The van der Waals surface area contributed by atoms with E-state index in [1.54, 1.807) is 0 Å². The molecule has 0 aromatic heterocycles. The zero-order valence-electron chi connectivity index (χ0n) is 75.2. The largest absolute Gasteiger partial charge is 0.472 e. The molecular formula is C101H172O16P2. The highest BCUT2D eigenvalue weighted by Crippen LogP contribution is 2.45. The van der Waals surface area contributed by atoms with Crippen molar-refractivity contribution < 1.29 is 75.8 Å². The lowest BCUT2D eigenvalue weighted by Crippen LogP contribution is -2.30. The van der Waals surface area contributed by atoms with Gasteiger partial charge in [-0.15, -0.1) is 0 Å². The van der Waals surface area contributed by atoms with Gasteiger partial charge >= 0.3 is 33.6 Å². The van der Waals surface area contributed by atoms with Crippen LogP contribution in [-0.4, -0.2) is 95.9 Å². The molecule has 0 aromatic carbocycles. The molecule has 18 heteroatoms. The first-order chi connectivity index (χ1) is 58.2. The maximum atomic E-state index is 13.1. The molecule has 0 rings (SSSR count). The van der Waals surface area contributed by atoms with Crippen molar-refractivity contribution in [2.45, 2.75) is 411 Å². The standard InChI is InChI=1S/C101H172O16P2/c1-4-7-10-13-16-19-22-25-28-31-34-37-39-41-43-45-47-49-51-53-55-58-60-63-66-69-72-75-78-81-84-87-99(104)111-90-96(102)91-113-118(107,108)114-92-97(103)93-115-119(109,110)116-95-98(117-101(106)89-86-83-80-77-74-71-68-65-62-57-36-33-30-27-24-21-18-15-12-9-6-3)94-112-100(105)88-85-82-79-76-73-70-67-64-61-59-56-54-52-50-48-46-44-42-40-38-35-32-29-26-23-20-17-14-11-8-5-2/h7,10,16-21,25-30,34-38,41-44,47,49,57,65,68,96-98,102-103H,4-6,8-9,11-15,22-24,31-33,39-40,45-46,48,50-56,58-64,66-67,69-95H2,1-3H3,(H,107,108)(H,109,110)/b10-7-,19-16-,20-17-,21-18-,28-25-,29-26-,30-27-,37-34-,38-35-,43-41-,44-42-,49-47-,57-36-,68-65-. The number of phosphoric ester groups is 2. The predicted molar refractivity (Wildman–Crippen MR) is 500 cm³/mol. The fourth-order valence-electron chi connectivity index (χ4n) is 12.7. The van der Waals surface area contributed by atoms with E-state index in [2.05, 4.69) is 191 Å². The molecule has 0 bridgehead atoms. The maximum Gasteiger partial charge on any atom is 0.472 e. The number of carbonyl (C=O) groups excluding carboxylic acids is 3. The number of phosphoric acid groups is 2. The van der Waals surface area contributed by atoms with Gasteiger partial charge in [-0.1, -0.05) is 384 Å². The van der Waals surface area contributed by atoms with E-state index < -0.39 is 91.5 Å². The third kappa shape index (κ3) is 93.5. The van der Waals surface area contributed by atoms with Crippen LogP contribution in [0.2, 0.25) is 0 Å². The Hall–Kier alpha value is -5.09. The summed E-state index contributed by atoms with van der Waals surface area (Å²) in [6.45, 7) is 2.53. The van der Waals surface area contributed by atoms with Crippen LogP contribution >= 0.6 is 15.6 Å². The summed E-state index contributed by atoms with van der Waals surface area (Å²) >= 11 is 0. The van der Waals surface area contributed by atoms with E-state index >= 15 is 0 Å². The van der Waals surface area contributed by atoms with E-state index in [1.165, 1.54) is 173 Å². The van der Waals surface area contributed by atoms with E-state index in [4.69, 9.17) is 32.3 Å². The third-order valence-electron chi connectivity index (χ3n) is 19.9. The van der Waals surface area contributed by atoms with Crippen molar-refractivity contribution in [2.75, 3.05) is 39.6 Å². The molecule has 0 spiro atoms. The van der Waals surface area contributed by atoms with Crippen LogP contribution in [0.4, 0.5) is 0 Å². The number of rotatable bonds is 89. The Morgan fingerprint density at radius 3 is 0.706 bits per heavy atom. The van der Waals surface area contributed by atoms with Gasteiger partial charge in [0.05, 0.1) is 26.4 Å². The van der Waals surface area contributed by atoms with Crippen LogP contribution in [0.1, 0.15) is 393 Å². The molecule has 5 unspecified atom stereocenters. The van der Waals surface area contributed by atoms with Crippen LogP contribution < -0.4 is 0 Å². The van der Waals surface area contributed by atoms with Gasteiger partial charge in [0.15, 0.2) is 6.10 Å². The van der Waals surface area contributed by atoms with E-state index in [0.717, 1.165) is 161 Å². The first-order valence-electron chi connectivity index (χ1n) is 47.4. The van der Waals surface area contributed by atoms with Gasteiger partial charge in [0.1, 0.15) is 25.4 Å². The summed E-state index contributed by atoms with van der Waals surface area (Å²) in [4.78, 5) is 59.0. The van der Waals surface area contributed by atoms with E-state index in [9.17, 15) is 43.5 Å². The molecule has 0 aliphatic rings. The molecule has 0 aromatic rings. The summed E-state index contributed by atoms with van der Waals surface area (Å²) in [6, 6.07) is 0. The number of hydrogen-bond acceptors (Lipinski definition) is 14. The average Bonchev–Trinajstić information content (AvgIpc) is 0.905. The minimum absolute atomic E-state index is 0.0805. The second-order valence-electron chi connectivity index (χ2n) is 31.4. The third-order valence-corrected chi connectivity index (χ3v) is 21.8. The zero-order valence-corrected chi connectivity index (χ0v) is 77.0. The summed E-state index contributed by atoms with van der Waals surface area (Å²) in [5, 5.41) is 20.7. The summed E-state index contributed by atoms with van der Waals surface area (Å²) in [6.07, 6.45) is 120. The normalized spacial score (nSPS) is 14.5. The van der Waals surface area contributed by atoms with Gasteiger partial charge < -0.3 is 34.2 Å². The number of carbonyl (C=O) groups is 3. The highest BCUT2D eigenvalue weighted by molar-refractivity contribution is 7.47. The van der Waals surface area contributed by atoms with Gasteiger partial charge in [-0.05, 0) is 161 Å². The number of allylic oxidation sites excluding steroid dienone is 28. The lowest BCUT2D eigenvalue weighted by atomic mass is 10.0. The van der Waals surface area contributed by atoms with E-state index in [0.29, 0.717) is 19.3 Å². The molecule has 5 atom stereocenters. The van der Waals surface area contributed by atoms with Crippen molar-refractivity contribution in [1.29, 1.82) is 0 Å². The van der Waals surface area contributed by atoms with E-state index in [-0.39, 0.29) is 19.3 Å². The summed E-state index contributed by atoms with van der Waals surface area (Å²) in [5.74, 6) is -1.59. The Morgan fingerprint density at radius 1 is 0.244 bits per heavy atom. The minimum atomic E-state index is -4.95. The Balaban J connectivity index is 4.60. The summed E-state index contributed by atoms with van der Waals surface area (Å²) in [7, 11) is -9.82. The Bertz CT molecular complexity index is 2840. The first-order valence-corrected chi connectivity index (χ1v) is 50.4. The summed E-state index contributed by atoms with van der Waals surface area (Å²) in [5.41, 5.74) is 0. The number of unbranched alkanes of at least 4 members (excludes halogenated alkanes) is 38. The Labute approximate surface area is 726 Å². The van der Waals surface area contributed by atoms with Crippen molar-refractivity contribution in [2.24, 2.45) is 0 Å². The van der Waals surface area contributed by atoms with Crippen molar-refractivity contribution in [1.82, 2.24) is 0 Å². The van der Waals surface area contributed by atoms with Crippen molar-refractivity contribution in [3.05, 3.63) is 170 Å². The molecule has 0 radical (unpaired) electrons. The van der Waals surface area contributed by atoms with Crippen LogP contribution in [0.25, 0.3) is 0 Å². The molecule has 682 valence electrons. The molecule has 0 fully saturated rings. The van der Waals surface area contributed by atoms with Gasteiger partial charge in [0, 0.05) is 19.3 Å². The molecule has 4 N–H and O–H groups in total. The molecule has 16 nitrogen and oxygen atoms in total. The number of esters is 3. The monoisotopic (exact) mass is 1700 g/mol. The fourth-order valence-corrected chi connectivity index (χ4v) is 14.3. The number of aliphatic hydroxyl groups is 2. The average molecular weight is 1700 g/mol. The second-order valence-corrected chi connectivity index (χ2v) is 34.3. The molecule has 0 saturated heterocycles. The van der Waals surface area contributed by atoms with Crippen LogP contribution in [0.5, 0.6) is 0 Å². The topological polar surface area (TPSA) is 231 Å². The molecule has 119 heavy (non-hydrogen) atoms. The first kappa shape index (κ1) is 114. The smallest absolute Gasteiger partial charge is 0.463 e. The van der Waals surface area contributed by atoms with Gasteiger partial charge in [-0.25, -0.2) is 9.13 Å². The van der Waals surface area contributed by atoms with Gasteiger partial charge in [0.25, 0.3) is 0 Å². The number of aliphatic hydroxyl groups excluding tert-OH is 2. The molecule has 0 aliphatic carbocycles. The quantitative estimate of drug-likeness (QED) is 0.0146. The highest BCUT2D eigenvalue weighted by Gasteiger charge is 2.29. The van der Waals surface area contributed by atoms with Crippen LogP contribution in [0, 0.1) is 0 Å².